The minimum Gasteiger partial charge on any atom is -0.388 e. The van der Waals surface area contributed by atoms with Crippen LogP contribution in [0.4, 0.5) is 0 Å². The molecule has 0 unspecified atom stereocenters. The lowest BCUT2D eigenvalue weighted by atomic mass is 10.3. The Kier molecular flexibility index (Phi) is 6.47. The standard InChI is InChI=1S/C12H20N4O2S2/c1-3-16(4-2)9-8-15-20(17,18)10-6-5-7-14-11(10)12(13)19/h5-7,15H,3-4,8-9H2,1-2H3,(H2,13,19). The van der Waals surface area contributed by atoms with Crippen molar-refractivity contribution in [2.45, 2.75) is 18.7 Å². The molecule has 0 amide bonds. The number of nitrogens with one attached hydrogen (secondary N) is 1. The normalized spacial score (nSPS) is 11.8. The van der Waals surface area contributed by atoms with E-state index in [4.69, 9.17) is 18.0 Å². The summed E-state index contributed by atoms with van der Waals surface area (Å²) in [5, 5.41) is 0. The number of nitrogens with zero attached hydrogens (tertiary/aromatic N) is 2. The minimum absolute atomic E-state index is 0.0204. The van der Waals surface area contributed by atoms with E-state index in [1.807, 2.05) is 13.8 Å². The number of aromatic nitrogens is 1. The summed E-state index contributed by atoms with van der Waals surface area (Å²) >= 11 is 4.82. The van der Waals surface area contributed by atoms with Crippen molar-refractivity contribution >= 4 is 27.2 Å². The van der Waals surface area contributed by atoms with Crippen LogP contribution in [0.3, 0.4) is 0 Å². The molecule has 112 valence electrons. The van der Waals surface area contributed by atoms with Gasteiger partial charge in [0.25, 0.3) is 0 Å². The zero-order valence-corrected chi connectivity index (χ0v) is 13.3. The minimum atomic E-state index is -3.65. The van der Waals surface area contributed by atoms with Gasteiger partial charge in [-0.2, -0.15) is 0 Å². The Bertz CT molecular complexity index is 556. The summed E-state index contributed by atoms with van der Waals surface area (Å²) in [7, 11) is -3.65. The van der Waals surface area contributed by atoms with Gasteiger partial charge in [0, 0.05) is 19.3 Å². The Balaban J connectivity index is 2.82. The highest BCUT2D eigenvalue weighted by molar-refractivity contribution is 7.89. The Morgan fingerprint density at radius 1 is 1.45 bits per heavy atom. The lowest BCUT2D eigenvalue weighted by molar-refractivity contribution is 0.309. The smallest absolute Gasteiger partial charge is 0.242 e. The second-order valence-electron chi connectivity index (χ2n) is 4.14. The van der Waals surface area contributed by atoms with Crippen LogP contribution < -0.4 is 10.5 Å². The van der Waals surface area contributed by atoms with Crippen molar-refractivity contribution in [3.63, 3.8) is 0 Å². The van der Waals surface area contributed by atoms with E-state index in [0.717, 1.165) is 13.1 Å². The van der Waals surface area contributed by atoms with Crippen molar-refractivity contribution in [2.24, 2.45) is 5.73 Å². The fraction of sp³-hybridized carbons (Fsp3) is 0.500. The summed E-state index contributed by atoms with van der Waals surface area (Å²) < 4.78 is 27.0. The van der Waals surface area contributed by atoms with Crippen molar-refractivity contribution in [2.75, 3.05) is 26.2 Å². The number of thiocarbonyl (C=S) groups is 1. The van der Waals surface area contributed by atoms with Gasteiger partial charge in [-0.05, 0) is 25.2 Å². The highest BCUT2D eigenvalue weighted by atomic mass is 32.2. The van der Waals surface area contributed by atoms with E-state index in [2.05, 4.69) is 14.6 Å². The monoisotopic (exact) mass is 316 g/mol. The van der Waals surface area contributed by atoms with Gasteiger partial charge in [-0.3, -0.25) is 4.98 Å². The molecule has 6 nitrogen and oxygen atoms in total. The van der Waals surface area contributed by atoms with Crippen molar-refractivity contribution in [1.29, 1.82) is 0 Å². The van der Waals surface area contributed by atoms with Crippen LogP contribution in [0.1, 0.15) is 19.5 Å². The van der Waals surface area contributed by atoms with Gasteiger partial charge in [-0.15, -0.1) is 0 Å². The van der Waals surface area contributed by atoms with Crippen molar-refractivity contribution < 1.29 is 8.42 Å². The predicted octanol–water partition coefficient (Wildman–Crippen LogP) is 0.336. The predicted molar refractivity (Wildman–Crippen MR) is 83.1 cm³/mol. The molecule has 0 aliphatic heterocycles. The molecule has 0 spiro atoms. The van der Waals surface area contributed by atoms with Crippen LogP contribution >= 0.6 is 12.2 Å². The first-order valence-corrected chi connectivity index (χ1v) is 8.28. The average molecular weight is 316 g/mol. The van der Waals surface area contributed by atoms with Gasteiger partial charge >= 0.3 is 0 Å². The lowest BCUT2D eigenvalue weighted by Crippen LogP contribution is -2.35. The van der Waals surface area contributed by atoms with Gasteiger partial charge in [0.2, 0.25) is 10.0 Å². The quantitative estimate of drug-likeness (QED) is 0.672. The molecule has 0 saturated heterocycles. The van der Waals surface area contributed by atoms with Gasteiger partial charge in [0.05, 0.1) is 0 Å². The molecule has 1 aromatic rings. The Hall–Kier alpha value is -1.09. The largest absolute Gasteiger partial charge is 0.388 e. The summed E-state index contributed by atoms with van der Waals surface area (Å²) in [6.07, 6.45) is 1.46. The Morgan fingerprint density at radius 2 is 2.10 bits per heavy atom. The van der Waals surface area contributed by atoms with Crippen LogP contribution in [0.5, 0.6) is 0 Å². The fourth-order valence-corrected chi connectivity index (χ4v) is 3.17. The summed E-state index contributed by atoms with van der Waals surface area (Å²) in [6.45, 7) is 6.80. The van der Waals surface area contributed by atoms with Crippen molar-refractivity contribution in [3.8, 4) is 0 Å². The van der Waals surface area contributed by atoms with Crippen LogP contribution in [0.15, 0.2) is 23.2 Å². The van der Waals surface area contributed by atoms with E-state index in [0.29, 0.717) is 13.1 Å². The first-order valence-electron chi connectivity index (χ1n) is 6.39. The van der Waals surface area contributed by atoms with Crippen LogP contribution in [-0.4, -0.2) is 49.5 Å². The molecule has 0 aliphatic rings. The highest BCUT2D eigenvalue weighted by Gasteiger charge is 2.20. The number of hydrogen-bond acceptors (Lipinski definition) is 5. The van der Waals surface area contributed by atoms with Gasteiger partial charge < -0.3 is 10.6 Å². The van der Waals surface area contributed by atoms with Crippen molar-refractivity contribution in [1.82, 2.24) is 14.6 Å². The molecule has 0 radical (unpaired) electrons. The number of nitrogens with two attached hydrogens (primary N) is 1. The second-order valence-corrected chi connectivity index (χ2v) is 6.31. The highest BCUT2D eigenvalue weighted by Crippen LogP contribution is 2.12. The SMILES string of the molecule is CCN(CC)CCNS(=O)(=O)c1cccnc1C(N)=S. The number of sulfonamides is 1. The first-order chi connectivity index (χ1) is 9.42. The molecule has 20 heavy (non-hydrogen) atoms. The van der Waals surface area contributed by atoms with Crippen molar-refractivity contribution in [3.05, 3.63) is 24.0 Å². The molecule has 1 aromatic heterocycles. The third-order valence-corrected chi connectivity index (χ3v) is 4.59. The topological polar surface area (TPSA) is 88.3 Å². The third kappa shape index (κ3) is 4.48. The van der Waals surface area contributed by atoms with Gasteiger partial charge in [0.1, 0.15) is 15.6 Å². The van der Waals surface area contributed by atoms with E-state index < -0.39 is 10.0 Å². The number of hydrogen-bond donors (Lipinski definition) is 2. The van der Waals surface area contributed by atoms with Crippen LogP contribution in [0.25, 0.3) is 0 Å². The molecule has 0 fully saturated rings. The zero-order valence-electron chi connectivity index (χ0n) is 11.7. The molecule has 1 heterocycles. The fourth-order valence-electron chi connectivity index (χ4n) is 1.75. The first kappa shape index (κ1) is 17.0. The molecule has 0 atom stereocenters. The maximum absolute atomic E-state index is 12.2. The van der Waals surface area contributed by atoms with E-state index in [1.54, 1.807) is 6.07 Å². The molecule has 0 aromatic carbocycles. The maximum Gasteiger partial charge on any atom is 0.242 e. The van der Waals surface area contributed by atoms with E-state index in [9.17, 15) is 8.42 Å². The van der Waals surface area contributed by atoms with Gasteiger partial charge in [-0.1, -0.05) is 26.1 Å². The van der Waals surface area contributed by atoms with Gasteiger partial charge in [-0.25, -0.2) is 13.1 Å². The number of rotatable bonds is 8. The molecule has 0 saturated carbocycles. The average Bonchev–Trinajstić information content (AvgIpc) is 2.43. The molecule has 0 aliphatic carbocycles. The molecule has 8 heteroatoms. The number of pyridine rings is 1. The van der Waals surface area contributed by atoms with Crippen LogP contribution in [0, 0.1) is 0 Å². The van der Waals surface area contributed by atoms with E-state index in [-0.39, 0.29) is 15.6 Å². The number of likely N-dealkylation sites (N-methyl/N-ethyl adjacent to an activating group) is 1. The summed E-state index contributed by atoms with van der Waals surface area (Å²) in [6, 6.07) is 2.99. The van der Waals surface area contributed by atoms with Crippen LogP contribution in [-0.2, 0) is 10.0 Å². The molecular weight excluding hydrogens is 296 g/mol. The molecular formula is C12H20N4O2S2. The van der Waals surface area contributed by atoms with Crippen LogP contribution in [0.2, 0.25) is 0 Å². The summed E-state index contributed by atoms with van der Waals surface area (Å²) in [4.78, 5) is 6.04. The van der Waals surface area contributed by atoms with E-state index in [1.165, 1.54) is 12.3 Å². The summed E-state index contributed by atoms with van der Waals surface area (Å²) in [5.74, 6) is 0. The Labute approximate surface area is 125 Å². The van der Waals surface area contributed by atoms with Gasteiger partial charge in [0.15, 0.2) is 0 Å². The van der Waals surface area contributed by atoms with E-state index >= 15 is 0 Å². The maximum atomic E-state index is 12.2. The third-order valence-electron chi connectivity index (χ3n) is 2.91. The second kappa shape index (κ2) is 7.63. The Morgan fingerprint density at radius 3 is 2.65 bits per heavy atom. The molecule has 3 N–H and O–H groups in total. The zero-order chi connectivity index (χ0) is 15.2. The lowest BCUT2D eigenvalue weighted by Gasteiger charge is -2.18. The summed E-state index contributed by atoms with van der Waals surface area (Å²) in [5.41, 5.74) is 5.62. The molecule has 0 bridgehead atoms. The molecule has 1 rings (SSSR count).